The fourth-order valence-corrected chi connectivity index (χ4v) is 6.30. The molecule has 1 aliphatic heterocycles. The van der Waals surface area contributed by atoms with E-state index in [0.717, 1.165) is 16.8 Å². The van der Waals surface area contributed by atoms with Crippen LogP contribution in [-0.2, 0) is 27.4 Å². The number of benzene rings is 2. The maximum absolute atomic E-state index is 13.7. The van der Waals surface area contributed by atoms with E-state index in [4.69, 9.17) is 10.5 Å². The number of ether oxygens (including phenoxy) is 1. The minimum absolute atomic E-state index is 0.0606. The smallest absolute Gasteiger partial charge is 0.407 e. The number of amides is 3. The van der Waals surface area contributed by atoms with Crippen LogP contribution in [0.1, 0.15) is 30.4 Å². The van der Waals surface area contributed by atoms with E-state index in [-0.39, 0.29) is 24.7 Å². The van der Waals surface area contributed by atoms with Crippen molar-refractivity contribution < 1.29 is 24.2 Å². The molecule has 0 spiro atoms. The lowest BCUT2D eigenvalue weighted by Gasteiger charge is -2.37. The number of pyridine rings is 1. The zero-order valence-corrected chi connectivity index (χ0v) is 28.0. The largest absolute Gasteiger partial charge is 0.506 e. The van der Waals surface area contributed by atoms with Gasteiger partial charge in [-0.25, -0.2) is 4.79 Å². The summed E-state index contributed by atoms with van der Waals surface area (Å²) in [6.45, 7) is 2.91. The molecule has 2 aromatic carbocycles. The zero-order valence-electron chi connectivity index (χ0n) is 24.8. The fraction of sp³-hybridized carbons (Fsp3) is 0.375. The number of halogens is 2. The van der Waals surface area contributed by atoms with Gasteiger partial charge in [0.25, 0.3) is 0 Å². The van der Waals surface area contributed by atoms with Crippen LogP contribution in [0, 0.1) is 0 Å². The lowest BCUT2D eigenvalue weighted by atomic mass is 10.0. The van der Waals surface area contributed by atoms with Crippen LogP contribution < -0.4 is 21.3 Å². The Morgan fingerprint density at radius 2 is 1.62 bits per heavy atom. The van der Waals surface area contributed by atoms with Crippen LogP contribution >= 0.6 is 31.9 Å². The van der Waals surface area contributed by atoms with E-state index in [1.165, 1.54) is 0 Å². The number of rotatable bonds is 13. The van der Waals surface area contributed by atoms with E-state index in [2.05, 4.69) is 52.4 Å². The number of hydrogen-bond acceptors (Lipinski definition) is 8. The van der Waals surface area contributed by atoms with Gasteiger partial charge in [0.1, 0.15) is 18.4 Å². The van der Waals surface area contributed by atoms with Crippen molar-refractivity contribution in [3.05, 3.63) is 87.1 Å². The van der Waals surface area contributed by atoms with Crippen molar-refractivity contribution in [1.29, 1.82) is 0 Å². The zero-order chi connectivity index (χ0) is 32.2. The first kappa shape index (κ1) is 34.2. The number of nitrogens with one attached hydrogen (secondary N) is 2. The number of phenols is 1. The predicted octanol–water partition coefficient (Wildman–Crippen LogP) is 4.11. The number of carbonyl (C=O) groups excluding carboxylic acids is 3. The van der Waals surface area contributed by atoms with Gasteiger partial charge in [-0.1, -0.05) is 30.3 Å². The molecule has 4 rings (SSSR count). The molecule has 0 saturated carbocycles. The standard InChI is InChI=1S/C32H38Br2N6O5/c33-25-18-23(19-26(34)29(25)41)20-27(35)30(42)38-28(8-4-5-11-37-32(44)45-21-22-6-2-1-3-7-22)31(43)40-16-14-39(15-17-40)24-9-12-36-13-10-24/h1-3,6-7,9-10,12-13,18-19,27-28,41H,4-5,8,11,14-17,20-21,35H2,(H,37,44)(H,38,42)/t27-,28+/m1/s1. The van der Waals surface area contributed by atoms with E-state index >= 15 is 0 Å². The molecule has 45 heavy (non-hydrogen) atoms. The van der Waals surface area contributed by atoms with Crippen molar-refractivity contribution in [3.8, 4) is 5.75 Å². The third kappa shape index (κ3) is 10.4. The predicted molar refractivity (Wildman–Crippen MR) is 179 cm³/mol. The number of phenolic OH excluding ortho intramolecular Hbond substituents is 1. The lowest BCUT2D eigenvalue weighted by Crippen LogP contribution is -2.57. The molecule has 0 bridgehead atoms. The van der Waals surface area contributed by atoms with E-state index in [1.54, 1.807) is 29.4 Å². The summed E-state index contributed by atoms with van der Waals surface area (Å²) < 4.78 is 6.22. The first-order valence-electron chi connectivity index (χ1n) is 14.8. The molecular weight excluding hydrogens is 708 g/mol. The van der Waals surface area contributed by atoms with Gasteiger partial charge in [0.15, 0.2) is 0 Å². The number of alkyl carbamates (subject to hydrolysis) is 1. The molecule has 3 amide bonds. The molecule has 2 heterocycles. The highest BCUT2D eigenvalue weighted by Gasteiger charge is 2.30. The van der Waals surface area contributed by atoms with Gasteiger partial charge in [0.2, 0.25) is 11.8 Å². The molecule has 13 heteroatoms. The summed E-state index contributed by atoms with van der Waals surface area (Å²) >= 11 is 6.61. The number of carbonyl (C=O) groups is 3. The van der Waals surface area contributed by atoms with Gasteiger partial charge < -0.3 is 36.0 Å². The number of hydrogen-bond donors (Lipinski definition) is 4. The van der Waals surface area contributed by atoms with Gasteiger partial charge in [-0.05, 0) is 92.9 Å². The Hall–Kier alpha value is -3.68. The van der Waals surface area contributed by atoms with E-state index < -0.39 is 24.1 Å². The Bertz CT molecular complexity index is 1400. The summed E-state index contributed by atoms with van der Waals surface area (Å²) in [5, 5.41) is 15.6. The van der Waals surface area contributed by atoms with Crippen LogP contribution in [0.25, 0.3) is 0 Å². The number of anilines is 1. The van der Waals surface area contributed by atoms with Gasteiger partial charge in [0.05, 0.1) is 15.0 Å². The first-order chi connectivity index (χ1) is 21.7. The van der Waals surface area contributed by atoms with Gasteiger partial charge in [-0.2, -0.15) is 0 Å². The van der Waals surface area contributed by atoms with Crippen molar-refractivity contribution >= 4 is 55.5 Å². The van der Waals surface area contributed by atoms with Crippen molar-refractivity contribution in [1.82, 2.24) is 20.5 Å². The molecular formula is C32H38Br2N6O5. The molecule has 1 saturated heterocycles. The number of nitrogens with two attached hydrogens (primary N) is 1. The summed E-state index contributed by atoms with van der Waals surface area (Å²) in [6.07, 6.45) is 4.76. The van der Waals surface area contributed by atoms with Crippen LogP contribution in [0.4, 0.5) is 10.5 Å². The Kier molecular flexibility index (Phi) is 13.0. The third-order valence-electron chi connectivity index (χ3n) is 7.50. The highest BCUT2D eigenvalue weighted by atomic mass is 79.9. The second kappa shape index (κ2) is 17.1. The van der Waals surface area contributed by atoms with Gasteiger partial charge in [-0.3, -0.25) is 14.6 Å². The summed E-state index contributed by atoms with van der Waals surface area (Å²) in [7, 11) is 0. The Morgan fingerprint density at radius 1 is 0.956 bits per heavy atom. The maximum atomic E-state index is 13.7. The van der Waals surface area contributed by atoms with Gasteiger partial charge in [0, 0.05) is 50.8 Å². The fourth-order valence-electron chi connectivity index (χ4n) is 5.02. The quantitative estimate of drug-likeness (QED) is 0.191. The van der Waals surface area contributed by atoms with Crippen LogP contribution in [0.5, 0.6) is 5.75 Å². The molecule has 0 aliphatic carbocycles. The molecule has 1 fully saturated rings. The highest BCUT2D eigenvalue weighted by molar-refractivity contribution is 9.11. The maximum Gasteiger partial charge on any atom is 0.407 e. The highest BCUT2D eigenvalue weighted by Crippen LogP contribution is 2.33. The number of nitrogens with zero attached hydrogens (tertiary/aromatic N) is 3. The normalized spacial score (nSPS) is 14.4. The number of aromatic hydroxyl groups is 1. The molecule has 240 valence electrons. The Balaban J connectivity index is 1.31. The Labute approximate surface area is 279 Å². The molecule has 1 aliphatic rings. The minimum Gasteiger partial charge on any atom is -0.506 e. The molecule has 3 aromatic rings. The van der Waals surface area contributed by atoms with Crippen molar-refractivity contribution in [3.63, 3.8) is 0 Å². The molecule has 0 unspecified atom stereocenters. The van der Waals surface area contributed by atoms with E-state index in [0.29, 0.717) is 60.9 Å². The molecule has 2 atom stereocenters. The third-order valence-corrected chi connectivity index (χ3v) is 8.71. The topological polar surface area (TPSA) is 150 Å². The molecule has 0 radical (unpaired) electrons. The van der Waals surface area contributed by atoms with Crippen molar-refractivity contribution in [2.45, 2.75) is 44.4 Å². The second-order valence-electron chi connectivity index (χ2n) is 10.8. The van der Waals surface area contributed by atoms with Gasteiger partial charge in [-0.15, -0.1) is 0 Å². The lowest BCUT2D eigenvalue weighted by molar-refractivity contribution is -0.137. The second-order valence-corrected chi connectivity index (χ2v) is 12.5. The van der Waals surface area contributed by atoms with Crippen molar-refractivity contribution in [2.24, 2.45) is 5.73 Å². The molecule has 11 nitrogen and oxygen atoms in total. The SMILES string of the molecule is N[C@H](Cc1cc(Br)c(O)c(Br)c1)C(=O)N[C@@H](CCCCNC(=O)OCc1ccccc1)C(=O)N1CCN(c2ccncc2)CC1. The number of aromatic nitrogens is 1. The average molecular weight is 747 g/mol. The van der Waals surface area contributed by atoms with Crippen LogP contribution in [0.2, 0.25) is 0 Å². The first-order valence-corrected chi connectivity index (χ1v) is 16.4. The van der Waals surface area contributed by atoms with E-state index in [9.17, 15) is 19.5 Å². The minimum atomic E-state index is -0.909. The number of piperazine rings is 1. The summed E-state index contributed by atoms with van der Waals surface area (Å²) in [6, 6.07) is 15.0. The monoisotopic (exact) mass is 744 g/mol. The van der Waals surface area contributed by atoms with Gasteiger partial charge >= 0.3 is 6.09 Å². The summed E-state index contributed by atoms with van der Waals surface area (Å²) in [5.74, 6) is -0.535. The van der Waals surface area contributed by atoms with Crippen molar-refractivity contribution in [2.75, 3.05) is 37.6 Å². The van der Waals surface area contributed by atoms with Crippen LogP contribution in [0.15, 0.2) is 75.9 Å². The Morgan fingerprint density at radius 3 is 2.29 bits per heavy atom. The number of unbranched alkanes of at least 4 members (excludes halogenated alkanes) is 1. The van der Waals surface area contributed by atoms with Crippen LogP contribution in [-0.4, -0.2) is 77.7 Å². The molecule has 5 N–H and O–H groups in total. The van der Waals surface area contributed by atoms with E-state index in [1.807, 2.05) is 42.5 Å². The summed E-state index contributed by atoms with van der Waals surface area (Å²) in [4.78, 5) is 47.1. The van der Waals surface area contributed by atoms with Crippen LogP contribution in [0.3, 0.4) is 0 Å². The average Bonchev–Trinajstić information content (AvgIpc) is 3.06. The molecule has 1 aromatic heterocycles. The summed E-state index contributed by atoms with van der Waals surface area (Å²) in [5.41, 5.74) is 8.97.